The van der Waals surface area contributed by atoms with Gasteiger partial charge in [0.15, 0.2) is 0 Å². The minimum Gasteiger partial charge on any atom is -0.462 e. The van der Waals surface area contributed by atoms with Gasteiger partial charge in [0.2, 0.25) is 5.71 Å². The maximum Gasteiger partial charge on any atom is 0.341 e. The van der Waals surface area contributed by atoms with Crippen LogP contribution < -0.4 is 10.9 Å². The highest BCUT2D eigenvalue weighted by atomic mass is 32.1. The number of thiophene rings is 1. The summed E-state index contributed by atoms with van der Waals surface area (Å²) in [6.45, 7) is 3.68. The van der Waals surface area contributed by atoms with E-state index in [4.69, 9.17) is 9.15 Å². The topological polar surface area (TPSA) is 103 Å². The van der Waals surface area contributed by atoms with Crippen molar-refractivity contribution >= 4 is 39.3 Å². The highest BCUT2D eigenvalue weighted by molar-refractivity contribution is 7.17. The fourth-order valence-corrected chi connectivity index (χ4v) is 6.34. The molecular formula is C24H27N3O5S. The number of aromatic nitrogens is 2. The summed E-state index contributed by atoms with van der Waals surface area (Å²) >= 11 is 1.42. The summed E-state index contributed by atoms with van der Waals surface area (Å²) in [5.41, 5.74) is 1.49. The molecule has 8 nitrogen and oxygen atoms in total. The van der Waals surface area contributed by atoms with Crippen molar-refractivity contribution < 1.29 is 18.7 Å². The van der Waals surface area contributed by atoms with Crippen LogP contribution in [0.2, 0.25) is 0 Å². The summed E-state index contributed by atoms with van der Waals surface area (Å²) in [6.07, 6.45) is 9.26. The van der Waals surface area contributed by atoms with Crippen LogP contribution in [0.25, 0.3) is 11.1 Å². The molecule has 5 rings (SSSR count). The van der Waals surface area contributed by atoms with Crippen molar-refractivity contribution in [1.82, 2.24) is 9.55 Å². The number of rotatable bonds is 5. The van der Waals surface area contributed by atoms with Gasteiger partial charge in [-0.1, -0.05) is 12.8 Å². The van der Waals surface area contributed by atoms with Crippen molar-refractivity contribution in [2.75, 3.05) is 11.9 Å². The molecule has 1 fully saturated rings. The molecule has 1 N–H and O–H groups in total. The van der Waals surface area contributed by atoms with Crippen molar-refractivity contribution in [3.8, 4) is 0 Å². The largest absolute Gasteiger partial charge is 0.462 e. The smallest absolute Gasteiger partial charge is 0.341 e. The van der Waals surface area contributed by atoms with Crippen LogP contribution in [-0.4, -0.2) is 28.0 Å². The molecule has 2 aliphatic rings. The predicted octanol–water partition coefficient (Wildman–Crippen LogP) is 4.78. The average Bonchev–Trinajstić information content (AvgIpc) is 3.51. The monoisotopic (exact) mass is 469 g/mol. The standard InChI is InChI=1S/C24H27N3O5S/c1-3-31-24(30)18-15-10-6-7-11-16(15)33-22(18)26-20(28)17-13(2)32-21-19(17)23(29)27(12-25-21)14-8-4-5-9-14/h12,14H,3-11H2,1-2H3,(H,26,28). The number of fused-ring (bicyclic) bond motifs is 2. The molecule has 0 spiro atoms. The molecular weight excluding hydrogens is 442 g/mol. The lowest BCUT2D eigenvalue weighted by molar-refractivity contribution is 0.0526. The molecule has 33 heavy (non-hydrogen) atoms. The van der Waals surface area contributed by atoms with Gasteiger partial charge in [0.1, 0.15) is 22.5 Å². The van der Waals surface area contributed by atoms with E-state index in [0.717, 1.165) is 61.8 Å². The van der Waals surface area contributed by atoms with Gasteiger partial charge in [-0.25, -0.2) is 9.78 Å². The number of hydrogen-bond acceptors (Lipinski definition) is 7. The minimum atomic E-state index is -0.474. The van der Waals surface area contributed by atoms with Crippen LogP contribution in [0.5, 0.6) is 0 Å². The van der Waals surface area contributed by atoms with Crippen molar-refractivity contribution in [2.24, 2.45) is 0 Å². The lowest BCUT2D eigenvalue weighted by Crippen LogP contribution is -2.25. The second-order valence-electron chi connectivity index (χ2n) is 8.70. The van der Waals surface area contributed by atoms with Crippen LogP contribution in [0.15, 0.2) is 15.5 Å². The number of carbonyl (C=O) groups is 2. The number of anilines is 1. The van der Waals surface area contributed by atoms with Gasteiger partial charge in [-0.3, -0.25) is 14.2 Å². The van der Waals surface area contributed by atoms with E-state index in [9.17, 15) is 14.4 Å². The number of nitrogens with one attached hydrogen (secondary N) is 1. The van der Waals surface area contributed by atoms with Crippen LogP contribution in [0.4, 0.5) is 5.00 Å². The average molecular weight is 470 g/mol. The Hall–Kier alpha value is -2.94. The van der Waals surface area contributed by atoms with E-state index in [1.165, 1.54) is 17.7 Å². The second-order valence-corrected chi connectivity index (χ2v) is 9.80. The summed E-state index contributed by atoms with van der Waals surface area (Å²) in [5, 5.41) is 3.57. The van der Waals surface area contributed by atoms with Crippen LogP contribution in [0.3, 0.4) is 0 Å². The Kier molecular flexibility index (Phi) is 5.82. The third-order valence-corrected chi connectivity index (χ3v) is 7.84. The first-order chi connectivity index (χ1) is 16.0. The van der Waals surface area contributed by atoms with Crippen molar-refractivity contribution in [3.05, 3.63) is 44.0 Å². The van der Waals surface area contributed by atoms with E-state index in [1.54, 1.807) is 18.4 Å². The fourth-order valence-electron chi connectivity index (χ4n) is 5.07. The molecule has 0 bridgehead atoms. The number of carbonyl (C=O) groups excluding carboxylic acids is 2. The Morgan fingerprint density at radius 2 is 1.97 bits per heavy atom. The summed E-state index contributed by atoms with van der Waals surface area (Å²) in [6, 6.07) is 0.0972. The van der Waals surface area contributed by atoms with Gasteiger partial charge in [-0.05, 0) is 57.9 Å². The summed E-state index contributed by atoms with van der Waals surface area (Å²) < 4.78 is 12.6. The summed E-state index contributed by atoms with van der Waals surface area (Å²) in [7, 11) is 0. The van der Waals surface area contributed by atoms with Crippen LogP contribution in [0, 0.1) is 6.92 Å². The van der Waals surface area contributed by atoms with Crippen molar-refractivity contribution in [1.29, 1.82) is 0 Å². The highest BCUT2D eigenvalue weighted by Crippen LogP contribution is 2.39. The molecule has 0 saturated heterocycles. The van der Waals surface area contributed by atoms with E-state index in [-0.39, 0.29) is 34.9 Å². The molecule has 9 heteroatoms. The normalized spacial score (nSPS) is 16.2. The molecule has 3 aromatic rings. The Bertz CT molecular complexity index is 1300. The van der Waals surface area contributed by atoms with E-state index >= 15 is 0 Å². The van der Waals surface area contributed by atoms with Gasteiger partial charge in [-0.15, -0.1) is 11.3 Å². The zero-order valence-electron chi connectivity index (χ0n) is 18.9. The van der Waals surface area contributed by atoms with Crippen LogP contribution in [0.1, 0.15) is 88.4 Å². The van der Waals surface area contributed by atoms with Gasteiger partial charge >= 0.3 is 5.97 Å². The first-order valence-electron chi connectivity index (χ1n) is 11.6. The molecule has 0 aliphatic heterocycles. The number of aryl methyl sites for hydroxylation is 2. The zero-order valence-corrected chi connectivity index (χ0v) is 19.7. The molecule has 174 valence electrons. The van der Waals surface area contributed by atoms with Crippen LogP contribution >= 0.6 is 11.3 Å². The third-order valence-electron chi connectivity index (χ3n) is 6.64. The van der Waals surface area contributed by atoms with E-state index in [0.29, 0.717) is 16.3 Å². The predicted molar refractivity (Wildman–Crippen MR) is 125 cm³/mol. The maximum atomic E-state index is 13.4. The number of esters is 1. The first kappa shape index (κ1) is 21.9. The Balaban J connectivity index is 1.56. The van der Waals surface area contributed by atoms with Gasteiger partial charge < -0.3 is 14.5 Å². The van der Waals surface area contributed by atoms with Gasteiger partial charge in [0, 0.05) is 10.9 Å². The lowest BCUT2D eigenvalue weighted by atomic mass is 9.95. The van der Waals surface area contributed by atoms with Crippen LogP contribution in [-0.2, 0) is 17.6 Å². The maximum absolute atomic E-state index is 13.4. The molecule has 1 saturated carbocycles. The second kappa shape index (κ2) is 8.78. The molecule has 3 aromatic heterocycles. The molecule has 0 aromatic carbocycles. The molecule has 2 aliphatic carbocycles. The SMILES string of the molecule is CCOC(=O)c1c(NC(=O)c2c(C)oc3ncn(C4CCCC4)c(=O)c23)sc2c1CCCC2. The lowest BCUT2D eigenvalue weighted by Gasteiger charge is -2.13. The number of furan rings is 1. The Morgan fingerprint density at radius 3 is 2.73 bits per heavy atom. The van der Waals surface area contributed by atoms with Crippen molar-refractivity contribution in [3.63, 3.8) is 0 Å². The third kappa shape index (κ3) is 3.78. The number of ether oxygens (including phenoxy) is 1. The highest BCUT2D eigenvalue weighted by Gasteiger charge is 2.30. The fraction of sp³-hybridized carbons (Fsp3) is 0.500. The van der Waals surface area contributed by atoms with E-state index in [2.05, 4.69) is 10.3 Å². The van der Waals surface area contributed by atoms with Crippen molar-refractivity contribution in [2.45, 2.75) is 71.3 Å². The van der Waals surface area contributed by atoms with E-state index in [1.807, 2.05) is 0 Å². The minimum absolute atomic E-state index is 0.0972. The van der Waals surface area contributed by atoms with E-state index < -0.39 is 11.9 Å². The summed E-state index contributed by atoms with van der Waals surface area (Å²) in [4.78, 5) is 45.0. The molecule has 0 atom stereocenters. The van der Waals surface area contributed by atoms with Gasteiger partial charge in [0.05, 0.1) is 17.7 Å². The molecule has 1 amide bonds. The van der Waals surface area contributed by atoms with Gasteiger partial charge in [-0.2, -0.15) is 0 Å². The molecule has 3 heterocycles. The number of hydrogen-bond donors (Lipinski definition) is 1. The number of amides is 1. The Labute approximate surface area is 194 Å². The first-order valence-corrected chi connectivity index (χ1v) is 12.4. The van der Waals surface area contributed by atoms with Gasteiger partial charge in [0.25, 0.3) is 11.5 Å². The molecule has 0 radical (unpaired) electrons. The number of nitrogens with zero attached hydrogens (tertiary/aromatic N) is 2. The molecule has 0 unspecified atom stereocenters. The zero-order chi connectivity index (χ0) is 23.1. The quantitative estimate of drug-likeness (QED) is 0.539. The summed E-state index contributed by atoms with van der Waals surface area (Å²) in [5.74, 6) is -0.569. The Morgan fingerprint density at radius 1 is 1.21 bits per heavy atom.